The summed E-state index contributed by atoms with van der Waals surface area (Å²) in [6.07, 6.45) is 23.8. The van der Waals surface area contributed by atoms with Gasteiger partial charge in [0.15, 0.2) is 0 Å². The molecular formula is C13H12Ti2. The van der Waals surface area contributed by atoms with Crippen LogP contribution in [0.5, 0.6) is 0 Å². The van der Waals surface area contributed by atoms with E-state index in [0.717, 1.165) is 0 Å². The third-order valence-electron chi connectivity index (χ3n) is 2.08. The van der Waals surface area contributed by atoms with Crippen molar-refractivity contribution in [3.8, 4) is 0 Å². The zero-order valence-corrected chi connectivity index (χ0v) is 11.6. The summed E-state index contributed by atoms with van der Waals surface area (Å²) in [4.78, 5) is 0. The molecule has 15 heavy (non-hydrogen) atoms. The Kier molecular flexibility index (Phi) is 6.20. The molecule has 0 fully saturated rings. The zero-order chi connectivity index (χ0) is 9.64. The third-order valence-corrected chi connectivity index (χ3v) is 4.24. The Morgan fingerprint density at radius 3 is 2.27 bits per heavy atom. The molecule has 0 spiro atoms. The largest absolute Gasteiger partial charge is 0 e. The second kappa shape index (κ2) is 7.19. The summed E-state index contributed by atoms with van der Waals surface area (Å²) in [7, 11) is 0. The second-order valence-corrected chi connectivity index (χ2v) is 5.58. The fourth-order valence-corrected chi connectivity index (χ4v) is 3.23. The predicted molar refractivity (Wildman–Crippen MR) is 57.5 cm³/mol. The molecule has 2 heteroatoms. The Bertz CT molecular complexity index is 356. The van der Waals surface area contributed by atoms with Crippen molar-refractivity contribution in [1.82, 2.24) is 0 Å². The van der Waals surface area contributed by atoms with Gasteiger partial charge in [-0.3, -0.25) is 0 Å². The minimum atomic E-state index is -0.0522. The topological polar surface area (TPSA) is 0 Å². The maximum atomic E-state index is 2.30. The fourth-order valence-electron chi connectivity index (χ4n) is 1.38. The summed E-state index contributed by atoms with van der Waals surface area (Å²) in [6, 6.07) is 0. The molecule has 0 atom stereocenters. The van der Waals surface area contributed by atoms with E-state index in [1.807, 2.05) is 0 Å². The Hall–Kier alpha value is -0.131. The summed E-state index contributed by atoms with van der Waals surface area (Å²) < 4.78 is 2.22. The van der Waals surface area contributed by atoms with Crippen LogP contribution in [-0.4, -0.2) is 0 Å². The molecule has 0 aromatic heterocycles. The molecule has 0 saturated carbocycles. The van der Waals surface area contributed by atoms with Gasteiger partial charge in [0.2, 0.25) is 0 Å². The van der Waals surface area contributed by atoms with Crippen molar-refractivity contribution in [2.45, 2.75) is 4.22 Å². The van der Waals surface area contributed by atoms with E-state index in [-0.39, 0.29) is 40.9 Å². The molecule has 72 valence electrons. The average Bonchev–Trinajstić information content (AvgIpc) is 2.62. The first-order valence-electron chi connectivity index (χ1n) is 4.78. The number of allylic oxidation sites excluding steroid dienone is 12. The molecule has 0 aromatic rings. The first-order chi connectivity index (χ1) is 6.95. The van der Waals surface area contributed by atoms with Gasteiger partial charge in [-0.2, -0.15) is 0 Å². The zero-order valence-electron chi connectivity index (χ0n) is 8.43. The quantitative estimate of drug-likeness (QED) is 0.669. The molecular weight excluding hydrogens is 252 g/mol. The van der Waals surface area contributed by atoms with Gasteiger partial charge in [0.25, 0.3) is 0 Å². The summed E-state index contributed by atoms with van der Waals surface area (Å²) >= 11 is -0.0522. The van der Waals surface area contributed by atoms with Gasteiger partial charge in [-0.25, -0.2) is 0 Å². The van der Waals surface area contributed by atoms with Crippen LogP contribution in [0.3, 0.4) is 0 Å². The fraction of sp³-hybridized carbons (Fsp3) is 0.0769. The number of rotatable bonds is 2. The Labute approximate surface area is 115 Å². The van der Waals surface area contributed by atoms with Crippen molar-refractivity contribution in [1.29, 1.82) is 0 Å². The Morgan fingerprint density at radius 1 is 0.800 bits per heavy atom. The van der Waals surface area contributed by atoms with E-state index in [4.69, 9.17) is 0 Å². The molecule has 0 nitrogen and oxygen atoms in total. The van der Waals surface area contributed by atoms with Crippen LogP contribution in [-0.2, 0) is 40.9 Å². The molecule has 0 bridgehead atoms. The smallest absolute Gasteiger partial charge is 0 e. The molecule has 0 aromatic carbocycles. The molecule has 0 heterocycles. The van der Waals surface area contributed by atoms with Crippen LogP contribution < -0.4 is 0 Å². The molecule has 0 radical (unpaired) electrons. The van der Waals surface area contributed by atoms with Crippen LogP contribution in [0, 0.1) is 0 Å². The maximum Gasteiger partial charge on any atom is 0 e. The van der Waals surface area contributed by atoms with Gasteiger partial charge >= 0.3 is 94.1 Å². The molecule has 2 rings (SSSR count). The van der Waals surface area contributed by atoms with Gasteiger partial charge < -0.3 is 0 Å². The maximum absolute atomic E-state index is 2.30. The third kappa shape index (κ3) is 4.49. The second-order valence-electron chi connectivity index (χ2n) is 3.19. The molecule has 0 aliphatic heterocycles. The summed E-state index contributed by atoms with van der Waals surface area (Å²) in [5.74, 6) is 0. The summed E-state index contributed by atoms with van der Waals surface area (Å²) in [5.41, 5.74) is 0. The minimum absolute atomic E-state index is 0. The van der Waals surface area contributed by atoms with Gasteiger partial charge in [-0.1, -0.05) is 0 Å². The molecule has 0 saturated heterocycles. The van der Waals surface area contributed by atoms with E-state index in [9.17, 15) is 0 Å². The number of hydrogen-bond acceptors (Lipinski definition) is 0. The molecule has 2 aliphatic rings. The van der Waals surface area contributed by atoms with Crippen molar-refractivity contribution < 1.29 is 40.9 Å². The first-order valence-corrected chi connectivity index (χ1v) is 6.47. The normalized spacial score (nSPS) is 18.3. The van der Waals surface area contributed by atoms with Crippen molar-refractivity contribution >= 4 is 0 Å². The first kappa shape index (κ1) is 12.9. The SMILES string of the molecule is C1=CC=C[C]([Ti][CH]2C=CC=C2)=CC=C1.[Ti]. The standard InChI is InChI=1S/C8H7.C5H5.2Ti/c1-2-4-6-8-7-5-3-1;1-2-4-5-3-1;;/h1-7H;1-5H;;. The molecule has 0 unspecified atom stereocenters. The molecule has 0 N–H and O–H groups in total. The van der Waals surface area contributed by atoms with Gasteiger partial charge in [0, 0.05) is 21.7 Å². The van der Waals surface area contributed by atoms with Crippen LogP contribution in [0.1, 0.15) is 0 Å². The van der Waals surface area contributed by atoms with E-state index in [1.165, 1.54) is 3.88 Å². The number of hydrogen-bond donors (Lipinski definition) is 0. The van der Waals surface area contributed by atoms with E-state index < -0.39 is 0 Å². The summed E-state index contributed by atoms with van der Waals surface area (Å²) in [5, 5.41) is 0. The Morgan fingerprint density at radius 2 is 1.47 bits per heavy atom. The average molecular weight is 264 g/mol. The predicted octanol–water partition coefficient (Wildman–Crippen LogP) is 3.55. The van der Waals surface area contributed by atoms with Crippen molar-refractivity contribution in [2.24, 2.45) is 0 Å². The van der Waals surface area contributed by atoms with Crippen LogP contribution in [0.2, 0.25) is 4.22 Å². The van der Waals surface area contributed by atoms with Gasteiger partial charge in [-0.15, -0.1) is 0 Å². The van der Waals surface area contributed by atoms with Crippen LogP contribution in [0.4, 0.5) is 0 Å². The minimum Gasteiger partial charge on any atom is 0 e. The van der Waals surface area contributed by atoms with E-state index >= 15 is 0 Å². The van der Waals surface area contributed by atoms with E-state index in [0.29, 0.717) is 4.22 Å². The van der Waals surface area contributed by atoms with Gasteiger partial charge in [0.1, 0.15) is 0 Å². The molecule has 0 amide bonds. The van der Waals surface area contributed by atoms with Crippen molar-refractivity contribution in [2.75, 3.05) is 0 Å². The van der Waals surface area contributed by atoms with E-state index in [2.05, 4.69) is 66.8 Å². The summed E-state index contributed by atoms with van der Waals surface area (Å²) in [6.45, 7) is 0. The Balaban J connectivity index is 0.00000112. The van der Waals surface area contributed by atoms with E-state index in [1.54, 1.807) is 0 Å². The van der Waals surface area contributed by atoms with Crippen molar-refractivity contribution in [3.63, 3.8) is 0 Å². The monoisotopic (exact) mass is 264 g/mol. The van der Waals surface area contributed by atoms with Crippen molar-refractivity contribution in [3.05, 3.63) is 70.7 Å². The van der Waals surface area contributed by atoms with Gasteiger partial charge in [-0.05, 0) is 0 Å². The molecule has 2 aliphatic carbocycles. The van der Waals surface area contributed by atoms with Crippen LogP contribution in [0.25, 0.3) is 0 Å². The van der Waals surface area contributed by atoms with Gasteiger partial charge in [0.05, 0.1) is 0 Å². The van der Waals surface area contributed by atoms with Crippen LogP contribution >= 0.6 is 0 Å². The van der Waals surface area contributed by atoms with Crippen LogP contribution in [0.15, 0.2) is 70.7 Å².